The van der Waals surface area contributed by atoms with E-state index in [0.29, 0.717) is 5.92 Å². The first-order chi connectivity index (χ1) is 9.02. The predicted octanol–water partition coefficient (Wildman–Crippen LogP) is 4.55. The van der Waals surface area contributed by atoms with Gasteiger partial charge in [-0.3, -0.25) is 0 Å². The molecule has 0 amide bonds. The van der Waals surface area contributed by atoms with Crippen LogP contribution in [0.5, 0.6) is 0 Å². The van der Waals surface area contributed by atoms with Gasteiger partial charge in [-0.2, -0.15) is 0 Å². The maximum atomic E-state index is 13.4. The van der Waals surface area contributed by atoms with Crippen molar-refractivity contribution in [3.8, 4) is 10.6 Å². The Kier molecular flexibility index (Phi) is 4.71. The lowest BCUT2D eigenvalue weighted by Crippen LogP contribution is -2.06. The Bertz CT molecular complexity index is 581. The van der Waals surface area contributed by atoms with Crippen LogP contribution in [0.25, 0.3) is 10.6 Å². The summed E-state index contributed by atoms with van der Waals surface area (Å²) in [6, 6.07) is 4.69. The monoisotopic (exact) mass is 342 g/mol. The van der Waals surface area contributed by atoms with Gasteiger partial charge >= 0.3 is 0 Å². The van der Waals surface area contributed by atoms with E-state index in [9.17, 15) is 4.39 Å². The van der Waals surface area contributed by atoms with E-state index in [1.165, 1.54) is 17.0 Å². The van der Waals surface area contributed by atoms with Gasteiger partial charge in [0.15, 0.2) is 0 Å². The minimum absolute atomic E-state index is 0.241. The molecule has 0 bridgehead atoms. The van der Waals surface area contributed by atoms with E-state index < -0.39 is 0 Å². The Morgan fingerprint density at radius 3 is 2.79 bits per heavy atom. The van der Waals surface area contributed by atoms with Gasteiger partial charge in [0.2, 0.25) is 0 Å². The molecule has 0 aliphatic heterocycles. The second-order valence-electron chi connectivity index (χ2n) is 4.64. The van der Waals surface area contributed by atoms with Crippen LogP contribution in [0.1, 0.15) is 30.3 Å². The molecule has 1 aromatic heterocycles. The number of rotatable bonds is 4. The van der Waals surface area contributed by atoms with Crippen LogP contribution in [0.15, 0.2) is 22.7 Å². The van der Waals surface area contributed by atoms with Crippen molar-refractivity contribution >= 4 is 27.3 Å². The second kappa shape index (κ2) is 6.11. The second-order valence-corrected chi connectivity index (χ2v) is 6.57. The summed E-state index contributed by atoms with van der Waals surface area (Å²) in [5.74, 6) is 0.121. The molecule has 1 N–H and O–H groups in total. The molecule has 5 heteroatoms. The molecule has 1 aromatic carbocycles. The Labute approximate surface area is 125 Å². The van der Waals surface area contributed by atoms with Crippen LogP contribution >= 0.6 is 27.3 Å². The van der Waals surface area contributed by atoms with Crippen LogP contribution in [0.4, 0.5) is 4.39 Å². The van der Waals surface area contributed by atoms with Crippen LogP contribution in [-0.2, 0) is 6.54 Å². The van der Waals surface area contributed by atoms with Gasteiger partial charge in [-0.1, -0.05) is 29.8 Å². The van der Waals surface area contributed by atoms with Gasteiger partial charge in [0.05, 0.1) is 5.69 Å². The molecule has 0 unspecified atom stereocenters. The van der Waals surface area contributed by atoms with E-state index in [1.807, 2.05) is 7.05 Å². The topological polar surface area (TPSA) is 24.9 Å². The van der Waals surface area contributed by atoms with E-state index in [4.69, 9.17) is 0 Å². The summed E-state index contributed by atoms with van der Waals surface area (Å²) in [6.07, 6.45) is 0. The molecule has 102 valence electrons. The molecule has 0 atom stereocenters. The third kappa shape index (κ3) is 3.22. The maximum absolute atomic E-state index is 13.4. The summed E-state index contributed by atoms with van der Waals surface area (Å²) in [5, 5.41) is 4.02. The van der Waals surface area contributed by atoms with Crippen LogP contribution in [0.3, 0.4) is 0 Å². The maximum Gasteiger partial charge on any atom is 0.125 e. The number of thiazole rings is 1. The van der Waals surface area contributed by atoms with Gasteiger partial charge < -0.3 is 5.32 Å². The lowest BCUT2D eigenvalue weighted by molar-refractivity contribution is 0.628. The highest BCUT2D eigenvalue weighted by molar-refractivity contribution is 9.10. The predicted molar refractivity (Wildman–Crippen MR) is 82.1 cm³/mol. The highest BCUT2D eigenvalue weighted by Crippen LogP contribution is 2.35. The van der Waals surface area contributed by atoms with Crippen LogP contribution < -0.4 is 5.32 Å². The summed E-state index contributed by atoms with van der Waals surface area (Å²) in [6.45, 7) is 5.04. The Hall–Kier alpha value is -0.780. The first kappa shape index (κ1) is 14.6. The quantitative estimate of drug-likeness (QED) is 0.881. The van der Waals surface area contributed by atoms with Crippen LogP contribution in [-0.4, -0.2) is 12.0 Å². The van der Waals surface area contributed by atoms with E-state index in [-0.39, 0.29) is 5.82 Å². The SMILES string of the molecule is CNCc1sc(-c2cc(F)ccc2Br)nc1C(C)C. The molecule has 0 saturated heterocycles. The molecule has 0 saturated carbocycles. The molecule has 0 spiro atoms. The van der Waals surface area contributed by atoms with Crippen LogP contribution in [0.2, 0.25) is 0 Å². The van der Waals surface area contributed by atoms with Gasteiger partial charge in [-0.05, 0) is 31.2 Å². The molecular weight excluding hydrogens is 327 g/mol. The van der Waals surface area contributed by atoms with Crippen molar-refractivity contribution in [3.05, 3.63) is 39.1 Å². The van der Waals surface area contributed by atoms with Crippen molar-refractivity contribution in [2.24, 2.45) is 0 Å². The van der Waals surface area contributed by atoms with E-state index in [0.717, 1.165) is 27.3 Å². The van der Waals surface area contributed by atoms with Crippen molar-refractivity contribution in [1.82, 2.24) is 10.3 Å². The number of halogens is 2. The average molecular weight is 343 g/mol. The molecule has 0 aliphatic rings. The molecule has 19 heavy (non-hydrogen) atoms. The van der Waals surface area contributed by atoms with Crippen molar-refractivity contribution in [1.29, 1.82) is 0 Å². The zero-order valence-corrected chi connectivity index (χ0v) is 13.5. The molecule has 2 nitrogen and oxygen atoms in total. The highest BCUT2D eigenvalue weighted by Gasteiger charge is 2.16. The fourth-order valence-electron chi connectivity index (χ4n) is 1.88. The van der Waals surface area contributed by atoms with Gasteiger partial charge in [-0.25, -0.2) is 9.37 Å². The lowest BCUT2D eigenvalue weighted by atomic mass is 10.1. The number of nitrogens with zero attached hydrogens (tertiary/aromatic N) is 1. The molecule has 0 fully saturated rings. The molecule has 0 radical (unpaired) electrons. The normalized spacial score (nSPS) is 11.3. The van der Waals surface area contributed by atoms with E-state index in [2.05, 4.69) is 40.1 Å². The number of benzene rings is 1. The number of hydrogen-bond donors (Lipinski definition) is 1. The Morgan fingerprint density at radius 1 is 1.42 bits per heavy atom. The van der Waals surface area contributed by atoms with Gasteiger partial charge in [0, 0.05) is 21.5 Å². The van der Waals surface area contributed by atoms with Gasteiger partial charge in [0.25, 0.3) is 0 Å². The van der Waals surface area contributed by atoms with Crippen molar-refractivity contribution in [2.75, 3.05) is 7.05 Å². The molecule has 2 aromatic rings. The summed E-state index contributed by atoms with van der Waals surface area (Å²) < 4.78 is 14.3. The number of aromatic nitrogens is 1. The molecule has 2 rings (SSSR count). The Balaban J connectivity index is 2.50. The van der Waals surface area contributed by atoms with E-state index >= 15 is 0 Å². The largest absolute Gasteiger partial charge is 0.315 e. The smallest absolute Gasteiger partial charge is 0.125 e. The molecule has 0 aliphatic carbocycles. The minimum atomic E-state index is -0.241. The summed E-state index contributed by atoms with van der Waals surface area (Å²) in [4.78, 5) is 5.89. The highest BCUT2D eigenvalue weighted by atomic mass is 79.9. The standard InChI is InChI=1S/C14H16BrFN2S/c1-8(2)13-12(7-17-3)19-14(18-13)10-6-9(16)4-5-11(10)15/h4-6,8,17H,7H2,1-3H3. The average Bonchev–Trinajstić information content (AvgIpc) is 2.77. The minimum Gasteiger partial charge on any atom is -0.315 e. The fourth-order valence-corrected chi connectivity index (χ4v) is 3.70. The van der Waals surface area contributed by atoms with Crippen molar-refractivity contribution < 1.29 is 4.39 Å². The zero-order valence-electron chi connectivity index (χ0n) is 11.1. The first-order valence-corrected chi connectivity index (χ1v) is 7.73. The molecule has 1 heterocycles. The number of hydrogen-bond acceptors (Lipinski definition) is 3. The number of nitrogens with one attached hydrogen (secondary N) is 1. The first-order valence-electron chi connectivity index (χ1n) is 6.12. The lowest BCUT2D eigenvalue weighted by Gasteiger charge is -2.03. The summed E-state index contributed by atoms with van der Waals surface area (Å²) >= 11 is 5.08. The van der Waals surface area contributed by atoms with Gasteiger partial charge in [-0.15, -0.1) is 11.3 Å². The van der Waals surface area contributed by atoms with Gasteiger partial charge in [0.1, 0.15) is 10.8 Å². The third-order valence-electron chi connectivity index (χ3n) is 2.77. The van der Waals surface area contributed by atoms with Crippen molar-refractivity contribution in [3.63, 3.8) is 0 Å². The van der Waals surface area contributed by atoms with Crippen LogP contribution in [0, 0.1) is 5.82 Å². The summed E-state index contributed by atoms with van der Waals surface area (Å²) in [7, 11) is 1.92. The Morgan fingerprint density at radius 2 is 2.16 bits per heavy atom. The summed E-state index contributed by atoms with van der Waals surface area (Å²) in [5.41, 5.74) is 1.90. The van der Waals surface area contributed by atoms with E-state index in [1.54, 1.807) is 17.4 Å². The fraction of sp³-hybridized carbons (Fsp3) is 0.357. The zero-order chi connectivity index (χ0) is 14.0. The third-order valence-corrected chi connectivity index (χ3v) is 4.57. The molecular formula is C14H16BrFN2S. The van der Waals surface area contributed by atoms with Crippen molar-refractivity contribution in [2.45, 2.75) is 26.3 Å².